The third kappa shape index (κ3) is 8.39. The lowest BCUT2D eigenvalue weighted by molar-refractivity contribution is 0.107. The smallest absolute Gasteiger partial charge is 0.286 e. The summed E-state index contributed by atoms with van der Waals surface area (Å²) in [6.45, 7) is 17.2. The van der Waals surface area contributed by atoms with Crippen LogP contribution in [0, 0.1) is 22.3 Å². The van der Waals surface area contributed by atoms with Gasteiger partial charge in [-0.25, -0.2) is 0 Å². The molecule has 0 aromatic rings. The van der Waals surface area contributed by atoms with E-state index in [0.717, 1.165) is 19.3 Å². The van der Waals surface area contributed by atoms with Crippen molar-refractivity contribution in [3.05, 3.63) is 0 Å². The third-order valence-electron chi connectivity index (χ3n) is 3.10. The molecule has 0 aromatic heterocycles. The number of nitrogens with zero attached hydrogens (tertiary/aromatic N) is 1. The quantitative estimate of drug-likeness (QED) is 0.456. The van der Waals surface area contributed by atoms with Crippen molar-refractivity contribution in [3.8, 4) is 6.26 Å². The molecule has 0 spiro atoms. The second kappa shape index (κ2) is 9.25. The lowest BCUT2D eigenvalue weighted by Crippen LogP contribution is -2.22. The van der Waals surface area contributed by atoms with E-state index in [9.17, 15) is 0 Å². The molecule has 0 aliphatic heterocycles. The molecule has 18 heavy (non-hydrogen) atoms. The fraction of sp³-hybridized carbons (Fsp3) is 0.938. The molecular weight excluding hydrogens is 222 g/mol. The van der Waals surface area contributed by atoms with Crippen LogP contribution < -0.4 is 0 Å². The number of nitriles is 1. The molecule has 1 saturated carbocycles. The van der Waals surface area contributed by atoms with Crippen molar-refractivity contribution in [1.29, 1.82) is 5.26 Å². The van der Waals surface area contributed by atoms with E-state index < -0.39 is 0 Å². The first-order valence-electron chi connectivity index (χ1n) is 7.39. The van der Waals surface area contributed by atoms with Gasteiger partial charge in [0.25, 0.3) is 6.26 Å². The number of hydrogen-bond acceptors (Lipinski definition) is 2. The van der Waals surface area contributed by atoms with Gasteiger partial charge in [0.1, 0.15) is 6.10 Å². The molecule has 0 bridgehead atoms. The van der Waals surface area contributed by atoms with E-state index >= 15 is 0 Å². The van der Waals surface area contributed by atoms with Crippen LogP contribution >= 0.6 is 0 Å². The highest BCUT2D eigenvalue weighted by molar-refractivity contribution is 4.87. The molecule has 0 radical (unpaired) electrons. The predicted octanol–water partition coefficient (Wildman–Crippen LogP) is 5.53. The molecule has 0 amide bonds. The molecule has 0 heterocycles. The first-order valence-corrected chi connectivity index (χ1v) is 7.39. The standard InChI is InChI=1S/C12H21NO.2C2H6/c1-11(2)6-5-10(14-9-13)7-12(3,4)8-11;2*1-2/h10H,5-8H2,1-4H3;2*1-2H3. The van der Waals surface area contributed by atoms with Gasteiger partial charge in [0.15, 0.2) is 0 Å². The van der Waals surface area contributed by atoms with Crippen LogP contribution in [0.5, 0.6) is 0 Å². The summed E-state index contributed by atoms with van der Waals surface area (Å²) in [6, 6.07) is 0. The Morgan fingerprint density at radius 2 is 1.50 bits per heavy atom. The average molecular weight is 255 g/mol. The summed E-state index contributed by atoms with van der Waals surface area (Å²) < 4.78 is 5.10. The van der Waals surface area contributed by atoms with Gasteiger partial charge >= 0.3 is 0 Å². The molecule has 1 aliphatic carbocycles. The summed E-state index contributed by atoms with van der Waals surface area (Å²) in [5.74, 6) is 0. The minimum absolute atomic E-state index is 0.136. The summed E-state index contributed by atoms with van der Waals surface area (Å²) >= 11 is 0. The van der Waals surface area contributed by atoms with E-state index in [2.05, 4.69) is 27.7 Å². The molecule has 1 rings (SSSR count). The van der Waals surface area contributed by atoms with Crippen LogP contribution in [0.3, 0.4) is 0 Å². The maximum atomic E-state index is 8.54. The second-order valence-corrected chi connectivity index (χ2v) is 6.08. The Morgan fingerprint density at radius 3 is 1.94 bits per heavy atom. The Hall–Kier alpha value is -0.710. The Kier molecular flexibility index (Phi) is 10.1. The van der Waals surface area contributed by atoms with Crippen LogP contribution in [-0.4, -0.2) is 6.10 Å². The minimum atomic E-state index is 0.136. The molecule has 1 aliphatic rings. The van der Waals surface area contributed by atoms with Crippen LogP contribution in [0.15, 0.2) is 0 Å². The van der Waals surface area contributed by atoms with Crippen molar-refractivity contribution in [2.45, 2.75) is 87.2 Å². The van der Waals surface area contributed by atoms with Gasteiger partial charge in [0.05, 0.1) is 0 Å². The highest BCUT2D eigenvalue weighted by Crippen LogP contribution is 2.44. The molecule has 2 nitrogen and oxygen atoms in total. The van der Waals surface area contributed by atoms with E-state index in [0.29, 0.717) is 10.8 Å². The van der Waals surface area contributed by atoms with Gasteiger partial charge in [0.2, 0.25) is 0 Å². The van der Waals surface area contributed by atoms with E-state index in [1.165, 1.54) is 6.42 Å². The van der Waals surface area contributed by atoms with Gasteiger partial charge in [-0.1, -0.05) is 55.4 Å². The first kappa shape index (κ1) is 19.6. The third-order valence-corrected chi connectivity index (χ3v) is 3.10. The zero-order chi connectivity index (χ0) is 14.8. The SMILES string of the molecule is CC.CC.CC1(C)CCC(OC#N)CC(C)(C)C1. The highest BCUT2D eigenvalue weighted by atomic mass is 16.5. The van der Waals surface area contributed by atoms with Crippen molar-refractivity contribution in [2.75, 3.05) is 0 Å². The van der Waals surface area contributed by atoms with Crippen molar-refractivity contribution in [3.63, 3.8) is 0 Å². The maximum Gasteiger partial charge on any atom is 0.286 e. The monoisotopic (exact) mass is 255 g/mol. The molecule has 1 unspecified atom stereocenters. The topological polar surface area (TPSA) is 33.0 Å². The summed E-state index contributed by atoms with van der Waals surface area (Å²) in [4.78, 5) is 0. The molecule has 2 heteroatoms. The number of rotatable bonds is 1. The average Bonchev–Trinajstić information content (AvgIpc) is 2.40. The zero-order valence-electron chi connectivity index (χ0n) is 13.8. The van der Waals surface area contributed by atoms with E-state index in [1.807, 2.05) is 34.0 Å². The van der Waals surface area contributed by atoms with E-state index in [-0.39, 0.29) is 6.10 Å². The van der Waals surface area contributed by atoms with Crippen LogP contribution in [0.2, 0.25) is 0 Å². The summed E-state index contributed by atoms with van der Waals surface area (Å²) in [6.07, 6.45) is 6.36. The van der Waals surface area contributed by atoms with Crippen molar-refractivity contribution >= 4 is 0 Å². The van der Waals surface area contributed by atoms with Crippen LogP contribution in [-0.2, 0) is 4.74 Å². The maximum absolute atomic E-state index is 8.54. The Morgan fingerprint density at radius 1 is 1.00 bits per heavy atom. The summed E-state index contributed by atoms with van der Waals surface area (Å²) in [5, 5.41) is 8.54. The van der Waals surface area contributed by atoms with Crippen LogP contribution in [0.4, 0.5) is 0 Å². The second-order valence-electron chi connectivity index (χ2n) is 6.08. The fourth-order valence-corrected chi connectivity index (χ4v) is 2.90. The number of ether oxygens (including phenoxy) is 1. The van der Waals surface area contributed by atoms with Crippen molar-refractivity contribution < 1.29 is 4.74 Å². The molecular formula is C16H33NO. The van der Waals surface area contributed by atoms with E-state index in [1.54, 1.807) is 0 Å². The summed E-state index contributed by atoms with van der Waals surface area (Å²) in [5.41, 5.74) is 0.679. The van der Waals surface area contributed by atoms with Gasteiger partial charge in [-0.15, -0.1) is 0 Å². The summed E-state index contributed by atoms with van der Waals surface area (Å²) in [7, 11) is 0. The Labute approximate surface area is 115 Å². The van der Waals surface area contributed by atoms with Gasteiger partial charge in [0, 0.05) is 0 Å². The largest absolute Gasteiger partial charge is 0.424 e. The van der Waals surface area contributed by atoms with Gasteiger partial charge in [-0.3, -0.25) is 0 Å². The van der Waals surface area contributed by atoms with Crippen LogP contribution in [0.1, 0.15) is 81.1 Å². The minimum Gasteiger partial charge on any atom is -0.424 e. The molecule has 1 atom stereocenters. The molecule has 108 valence electrons. The molecule has 0 aromatic carbocycles. The van der Waals surface area contributed by atoms with E-state index in [4.69, 9.17) is 10.00 Å². The lowest BCUT2D eigenvalue weighted by Gasteiger charge is -2.31. The molecule has 0 saturated heterocycles. The first-order chi connectivity index (χ1) is 8.35. The zero-order valence-corrected chi connectivity index (χ0v) is 13.8. The highest BCUT2D eigenvalue weighted by Gasteiger charge is 2.35. The Balaban J connectivity index is 0. The number of hydrogen-bond donors (Lipinski definition) is 0. The van der Waals surface area contributed by atoms with Crippen molar-refractivity contribution in [1.82, 2.24) is 0 Å². The van der Waals surface area contributed by atoms with Gasteiger partial charge in [-0.05, 0) is 36.5 Å². The van der Waals surface area contributed by atoms with Gasteiger partial charge in [-0.2, -0.15) is 5.26 Å². The van der Waals surface area contributed by atoms with Gasteiger partial charge < -0.3 is 4.74 Å². The Bertz CT molecular complexity index is 238. The van der Waals surface area contributed by atoms with Crippen molar-refractivity contribution in [2.24, 2.45) is 10.8 Å². The molecule has 1 fully saturated rings. The molecule has 0 N–H and O–H groups in total. The van der Waals surface area contributed by atoms with Crippen LogP contribution in [0.25, 0.3) is 0 Å². The lowest BCUT2D eigenvalue weighted by atomic mass is 9.74. The predicted molar refractivity (Wildman–Crippen MR) is 79.2 cm³/mol. The normalized spacial score (nSPS) is 24.1. The fourth-order valence-electron chi connectivity index (χ4n) is 2.90.